The van der Waals surface area contributed by atoms with Crippen molar-refractivity contribution in [3.63, 3.8) is 0 Å². The molecule has 0 aromatic heterocycles. The Labute approximate surface area is 114 Å². The second kappa shape index (κ2) is 6.17. The molecule has 0 radical (unpaired) electrons. The predicted molar refractivity (Wildman–Crippen MR) is 71.4 cm³/mol. The van der Waals surface area contributed by atoms with Crippen LogP contribution >= 0.6 is 0 Å². The summed E-state index contributed by atoms with van der Waals surface area (Å²) in [6.07, 6.45) is 2.55. The minimum Gasteiger partial charge on any atom is -0.469 e. The van der Waals surface area contributed by atoms with Gasteiger partial charge >= 0.3 is 12.1 Å². The minimum absolute atomic E-state index is 0.0377. The van der Waals surface area contributed by atoms with Crippen molar-refractivity contribution in [3.8, 4) is 0 Å². The Morgan fingerprint density at radius 3 is 2.11 bits per heavy atom. The summed E-state index contributed by atoms with van der Waals surface area (Å²) < 4.78 is 11.4. The van der Waals surface area contributed by atoms with E-state index in [1.165, 1.54) is 11.7 Å². The van der Waals surface area contributed by atoms with E-state index in [0.717, 1.165) is 25.7 Å². The van der Waals surface area contributed by atoms with Crippen molar-refractivity contribution >= 4 is 18.8 Å². The summed E-state index contributed by atoms with van der Waals surface area (Å²) >= 11 is 0. The monoisotopic (exact) mass is 270 g/mol. The largest absolute Gasteiger partial charge is 0.596 e. The van der Waals surface area contributed by atoms with Gasteiger partial charge in [0.25, 0.3) is 0 Å². The normalized spacial score (nSPS) is 23.6. The van der Waals surface area contributed by atoms with E-state index in [0.29, 0.717) is 0 Å². The van der Waals surface area contributed by atoms with E-state index in [2.05, 4.69) is 6.72 Å². The third-order valence-electron chi connectivity index (χ3n) is 3.30. The molecule has 0 unspecified atom stereocenters. The van der Waals surface area contributed by atoms with Crippen molar-refractivity contribution < 1.29 is 23.6 Å². The van der Waals surface area contributed by atoms with Crippen LogP contribution in [0.4, 0.5) is 4.79 Å². The fourth-order valence-electron chi connectivity index (χ4n) is 2.26. The molecule has 0 N–H and O–H groups in total. The number of hydrogen-bond acceptors (Lipinski definition) is 4. The van der Waals surface area contributed by atoms with Gasteiger partial charge < -0.3 is 9.47 Å². The number of ether oxygens (including phenoxy) is 2. The molecule has 1 rings (SSSR count). The van der Waals surface area contributed by atoms with Gasteiger partial charge in [-0.1, -0.05) is 0 Å². The second-order valence-electron chi connectivity index (χ2n) is 5.98. The molecular weight excluding hydrogens is 246 g/mol. The standard InChI is InChI=1S/C14H24NO4/c1-14(2,3)19-13(17)15(4)11-8-6-10(7-9-11)12(16)18-5/h10-11H,4,6-9H2,1-3,5H3/q+1. The molecule has 5 heteroatoms. The smallest absolute Gasteiger partial charge is 0.469 e. The first-order valence-corrected chi connectivity index (χ1v) is 6.65. The molecule has 0 saturated heterocycles. The lowest BCUT2D eigenvalue weighted by Crippen LogP contribution is -2.38. The van der Waals surface area contributed by atoms with Gasteiger partial charge in [-0.05, 0) is 33.6 Å². The molecular formula is C14H24NO4+. The van der Waals surface area contributed by atoms with Crippen LogP contribution in [0.2, 0.25) is 0 Å². The maximum Gasteiger partial charge on any atom is 0.596 e. The molecule has 0 heterocycles. The van der Waals surface area contributed by atoms with E-state index < -0.39 is 11.7 Å². The average molecular weight is 270 g/mol. The number of amides is 1. The lowest BCUT2D eigenvalue weighted by atomic mass is 9.86. The van der Waals surface area contributed by atoms with Gasteiger partial charge in [-0.3, -0.25) is 4.79 Å². The topological polar surface area (TPSA) is 55.6 Å². The highest BCUT2D eigenvalue weighted by molar-refractivity contribution is 5.72. The quantitative estimate of drug-likeness (QED) is 0.439. The highest BCUT2D eigenvalue weighted by atomic mass is 16.6. The Morgan fingerprint density at radius 2 is 1.68 bits per heavy atom. The molecule has 0 atom stereocenters. The Kier molecular flexibility index (Phi) is 5.09. The lowest BCUT2D eigenvalue weighted by Gasteiger charge is -2.25. The van der Waals surface area contributed by atoms with Crippen LogP contribution in [0, 0.1) is 5.92 Å². The Hall–Kier alpha value is -1.39. The van der Waals surface area contributed by atoms with Crippen LogP contribution in [0.5, 0.6) is 0 Å². The number of esters is 1. The predicted octanol–water partition coefficient (Wildman–Crippen LogP) is 2.37. The van der Waals surface area contributed by atoms with Crippen LogP contribution in [0.3, 0.4) is 0 Å². The van der Waals surface area contributed by atoms with Crippen molar-refractivity contribution in [3.05, 3.63) is 0 Å². The molecule has 1 aliphatic rings. The fraction of sp³-hybridized carbons (Fsp3) is 0.786. The Morgan fingerprint density at radius 1 is 1.16 bits per heavy atom. The summed E-state index contributed by atoms with van der Waals surface area (Å²) in [5, 5.41) is 0. The van der Waals surface area contributed by atoms with Crippen LogP contribution in [0.1, 0.15) is 46.5 Å². The molecule has 1 saturated carbocycles. The Balaban J connectivity index is 2.49. The lowest BCUT2D eigenvalue weighted by molar-refractivity contribution is -0.488. The molecule has 1 amide bonds. The van der Waals surface area contributed by atoms with E-state index >= 15 is 0 Å². The van der Waals surface area contributed by atoms with E-state index in [-0.39, 0.29) is 17.9 Å². The number of hydrogen-bond donors (Lipinski definition) is 0. The number of rotatable bonds is 2. The first-order chi connectivity index (χ1) is 8.74. The third-order valence-corrected chi connectivity index (χ3v) is 3.30. The number of nitrogens with zero attached hydrogens (tertiary/aromatic N) is 1. The van der Waals surface area contributed by atoms with Gasteiger partial charge in [-0.15, -0.1) is 4.58 Å². The van der Waals surface area contributed by atoms with Crippen LogP contribution in [-0.4, -0.2) is 42.1 Å². The molecule has 0 bridgehead atoms. The molecule has 0 aromatic carbocycles. The third kappa shape index (κ3) is 4.65. The van der Waals surface area contributed by atoms with Gasteiger partial charge in [-0.25, -0.2) is 0 Å². The maximum atomic E-state index is 11.9. The van der Waals surface area contributed by atoms with E-state index in [1.54, 1.807) is 0 Å². The summed E-state index contributed by atoms with van der Waals surface area (Å²) in [7, 11) is 1.41. The number of methoxy groups -OCH3 is 1. The Bertz CT molecular complexity index is 362. The van der Waals surface area contributed by atoms with E-state index in [9.17, 15) is 9.59 Å². The minimum atomic E-state index is -0.518. The second-order valence-corrected chi connectivity index (χ2v) is 5.98. The summed E-state index contributed by atoms with van der Waals surface area (Å²) in [6.45, 7) is 9.26. The van der Waals surface area contributed by atoms with Crippen LogP contribution in [-0.2, 0) is 14.3 Å². The zero-order valence-electron chi connectivity index (χ0n) is 12.3. The SMILES string of the molecule is C=[N+](C(=O)OC(C)(C)C)C1CCC(C(=O)OC)CC1. The van der Waals surface area contributed by atoms with Crippen molar-refractivity contribution in [1.29, 1.82) is 0 Å². The molecule has 0 aliphatic heterocycles. The molecule has 0 spiro atoms. The van der Waals surface area contributed by atoms with E-state index in [4.69, 9.17) is 9.47 Å². The fourth-order valence-corrected chi connectivity index (χ4v) is 2.26. The first-order valence-electron chi connectivity index (χ1n) is 6.65. The van der Waals surface area contributed by atoms with Crippen molar-refractivity contribution in [2.75, 3.05) is 7.11 Å². The maximum absolute atomic E-state index is 11.9. The molecule has 5 nitrogen and oxygen atoms in total. The average Bonchev–Trinajstić information content (AvgIpc) is 2.35. The van der Waals surface area contributed by atoms with Crippen molar-refractivity contribution in [2.24, 2.45) is 5.92 Å². The highest BCUT2D eigenvalue weighted by Crippen LogP contribution is 2.27. The van der Waals surface area contributed by atoms with Gasteiger partial charge in [0, 0.05) is 12.8 Å². The zero-order valence-corrected chi connectivity index (χ0v) is 12.3. The van der Waals surface area contributed by atoms with Gasteiger partial charge in [0.05, 0.1) is 13.0 Å². The summed E-state index contributed by atoms with van der Waals surface area (Å²) in [6, 6.07) is 0.0377. The molecule has 1 aliphatic carbocycles. The van der Waals surface area contributed by atoms with Gasteiger partial charge in [0.1, 0.15) is 12.3 Å². The summed E-state index contributed by atoms with van der Waals surface area (Å²) in [5.74, 6) is -0.209. The molecule has 0 aromatic rings. The summed E-state index contributed by atoms with van der Waals surface area (Å²) in [4.78, 5) is 23.3. The molecule has 19 heavy (non-hydrogen) atoms. The van der Waals surface area contributed by atoms with E-state index in [1.807, 2.05) is 20.8 Å². The van der Waals surface area contributed by atoms with Crippen LogP contribution < -0.4 is 0 Å². The number of carbonyl (C=O) groups excluding carboxylic acids is 2. The zero-order chi connectivity index (χ0) is 14.6. The molecule has 1 fully saturated rings. The van der Waals surface area contributed by atoms with Crippen LogP contribution in [0.25, 0.3) is 0 Å². The van der Waals surface area contributed by atoms with Crippen molar-refractivity contribution in [2.45, 2.75) is 58.1 Å². The van der Waals surface area contributed by atoms with Crippen molar-refractivity contribution in [1.82, 2.24) is 0 Å². The van der Waals surface area contributed by atoms with Crippen LogP contribution in [0.15, 0.2) is 0 Å². The molecule has 108 valence electrons. The highest BCUT2D eigenvalue weighted by Gasteiger charge is 2.36. The summed E-state index contributed by atoms with van der Waals surface area (Å²) in [5.41, 5.74) is -0.518. The van der Waals surface area contributed by atoms with Gasteiger partial charge in [0.2, 0.25) is 0 Å². The number of carbonyl (C=O) groups is 2. The van der Waals surface area contributed by atoms with Gasteiger partial charge in [0.15, 0.2) is 6.04 Å². The van der Waals surface area contributed by atoms with Gasteiger partial charge in [-0.2, -0.15) is 4.79 Å². The first kappa shape index (κ1) is 15.7.